The van der Waals surface area contributed by atoms with Gasteiger partial charge in [0, 0.05) is 12.0 Å². The molecule has 3 rings (SSSR count). The van der Waals surface area contributed by atoms with E-state index < -0.39 is 0 Å². The van der Waals surface area contributed by atoms with Crippen LogP contribution >= 0.6 is 0 Å². The number of aliphatic hydroxyl groups is 1. The van der Waals surface area contributed by atoms with Crippen molar-refractivity contribution >= 4 is 17.7 Å². The van der Waals surface area contributed by atoms with E-state index in [1.165, 1.54) is 16.8 Å². The molecule has 0 radical (unpaired) electrons. The summed E-state index contributed by atoms with van der Waals surface area (Å²) < 4.78 is 14.4. The quantitative estimate of drug-likeness (QED) is 0.771. The molecule has 8 heteroatoms. The number of hydrogen-bond acceptors (Lipinski definition) is 5. The summed E-state index contributed by atoms with van der Waals surface area (Å²) in [6.07, 6.45) is 3.38. The summed E-state index contributed by atoms with van der Waals surface area (Å²) in [5.74, 6) is -0.244. The van der Waals surface area contributed by atoms with Gasteiger partial charge in [-0.25, -0.2) is 4.39 Å². The van der Waals surface area contributed by atoms with Gasteiger partial charge in [0.2, 0.25) is 0 Å². The van der Waals surface area contributed by atoms with Crippen LogP contribution in [0.2, 0.25) is 0 Å². The van der Waals surface area contributed by atoms with Gasteiger partial charge in [0.25, 0.3) is 5.91 Å². The van der Waals surface area contributed by atoms with Gasteiger partial charge in [-0.3, -0.25) is 4.79 Å². The van der Waals surface area contributed by atoms with E-state index in [0.717, 1.165) is 12.8 Å². The minimum Gasteiger partial charge on any atom is -0.396 e. The average Bonchev–Trinajstić information content (AvgIpc) is 3.26. The number of amides is 1. The molecule has 1 aliphatic carbocycles. The van der Waals surface area contributed by atoms with Gasteiger partial charge in [-0.05, 0) is 54.0 Å². The van der Waals surface area contributed by atoms with Gasteiger partial charge in [-0.2, -0.15) is 4.68 Å². The highest BCUT2D eigenvalue weighted by molar-refractivity contribution is 6.18. The van der Waals surface area contributed by atoms with Crippen LogP contribution in [-0.2, 0) is 4.79 Å². The molecule has 7 nitrogen and oxygen atoms in total. The van der Waals surface area contributed by atoms with Gasteiger partial charge in [-0.15, -0.1) is 5.10 Å². The van der Waals surface area contributed by atoms with E-state index >= 15 is 0 Å². The van der Waals surface area contributed by atoms with Crippen LogP contribution in [-0.4, -0.2) is 44.4 Å². The van der Waals surface area contributed by atoms with Crippen molar-refractivity contribution in [3.8, 4) is 0 Å². The molecule has 1 saturated carbocycles. The average molecular weight is 331 g/mol. The van der Waals surface area contributed by atoms with Crippen molar-refractivity contribution in [1.82, 2.24) is 25.5 Å². The number of aliphatic hydroxyl groups excluding tert-OH is 1. The molecule has 0 atom stereocenters. The molecule has 24 heavy (non-hydrogen) atoms. The second-order valence-corrected chi connectivity index (χ2v) is 6.06. The zero-order valence-corrected chi connectivity index (χ0v) is 13.2. The Bertz CT molecular complexity index is 765. The van der Waals surface area contributed by atoms with Crippen LogP contribution in [0.5, 0.6) is 0 Å². The first kappa shape index (κ1) is 16.3. The Morgan fingerprint density at radius 3 is 2.67 bits per heavy atom. The van der Waals surface area contributed by atoms with E-state index in [1.807, 2.05) is 0 Å². The second-order valence-electron chi connectivity index (χ2n) is 6.06. The summed E-state index contributed by atoms with van der Waals surface area (Å²) in [7, 11) is 0. The Balaban J connectivity index is 1.86. The number of tetrazole rings is 1. The fourth-order valence-electron chi connectivity index (χ4n) is 2.32. The number of rotatable bonds is 6. The van der Waals surface area contributed by atoms with Gasteiger partial charge in [0.1, 0.15) is 11.5 Å². The molecule has 1 aromatic carbocycles. The first-order chi connectivity index (χ1) is 11.5. The second kappa shape index (κ2) is 6.48. The molecule has 0 bridgehead atoms. The summed E-state index contributed by atoms with van der Waals surface area (Å²) in [6.45, 7) is 2.13. The first-order valence-electron chi connectivity index (χ1n) is 7.65. The summed E-state index contributed by atoms with van der Waals surface area (Å²) in [6, 6.07) is 5.77. The highest BCUT2D eigenvalue weighted by Gasteiger charge is 2.42. The molecular weight excluding hydrogens is 313 g/mol. The van der Waals surface area contributed by atoms with Crippen LogP contribution in [0.1, 0.15) is 24.2 Å². The van der Waals surface area contributed by atoms with Crippen molar-refractivity contribution in [2.75, 3.05) is 13.2 Å². The van der Waals surface area contributed by atoms with Crippen molar-refractivity contribution in [3.63, 3.8) is 0 Å². The maximum absolute atomic E-state index is 13.1. The fraction of sp³-hybridized carbons (Fsp3) is 0.375. The number of aryl methyl sites for hydroxylation is 1. The number of nitrogens with zero attached hydrogens (tertiary/aromatic N) is 4. The molecule has 1 amide bonds. The van der Waals surface area contributed by atoms with Crippen LogP contribution in [0.4, 0.5) is 4.39 Å². The Hall–Kier alpha value is -2.61. The largest absolute Gasteiger partial charge is 0.396 e. The van der Waals surface area contributed by atoms with Gasteiger partial charge >= 0.3 is 0 Å². The lowest BCUT2D eigenvalue weighted by atomic mass is 10.1. The molecular formula is C16H18FN5O2. The third kappa shape index (κ3) is 3.48. The van der Waals surface area contributed by atoms with Crippen LogP contribution < -0.4 is 5.32 Å². The summed E-state index contributed by atoms with van der Waals surface area (Å²) in [5, 5.41) is 23.4. The minimum atomic E-state index is -0.352. The molecule has 0 saturated heterocycles. The highest BCUT2D eigenvalue weighted by Crippen LogP contribution is 2.44. The number of aromatic nitrogens is 4. The minimum absolute atomic E-state index is 0.0498. The Morgan fingerprint density at radius 2 is 2.12 bits per heavy atom. The van der Waals surface area contributed by atoms with Gasteiger partial charge in [0.05, 0.1) is 6.61 Å². The van der Waals surface area contributed by atoms with Gasteiger partial charge in [-0.1, -0.05) is 12.1 Å². The van der Waals surface area contributed by atoms with E-state index in [0.29, 0.717) is 17.9 Å². The number of carbonyl (C=O) groups is 1. The van der Waals surface area contributed by atoms with E-state index in [2.05, 4.69) is 20.8 Å². The summed E-state index contributed by atoms with van der Waals surface area (Å²) in [5.41, 5.74) is 0.685. The number of nitrogens with one attached hydrogen (secondary N) is 1. The molecule has 0 aliphatic heterocycles. The Labute approximate surface area is 138 Å². The normalized spacial score (nSPS) is 16.0. The SMILES string of the molecule is Cc1nnnn1/C(=C/c1ccc(F)cc1)C(=O)NCC1(CO)CC1. The van der Waals surface area contributed by atoms with Gasteiger partial charge < -0.3 is 10.4 Å². The zero-order chi connectivity index (χ0) is 17.2. The predicted molar refractivity (Wildman–Crippen MR) is 84.9 cm³/mol. The van der Waals surface area contributed by atoms with Crippen LogP contribution in [0, 0.1) is 18.2 Å². The van der Waals surface area contributed by atoms with Crippen LogP contribution in [0.15, 0.2) is 24.3 Å². The zero-order valence-electron chi connectivity index (χ0n) is 13.2. The first-order valence-corrected chi connectivity index (χ1v) is 7.65. The van der Waals surface area contributed by atoms with Crippen molar-refractivity contribution in [2.24, 2.45) is 5.41 Å². The lowest BCUT2D eigenvalue weighted by Gasteiger charge is -2.14. The molecule has 1 heterocycles. The lowest BCUT2D eigenvalue weighted by Crippen LogP contribution is -2.34. The predicted octanol–water partition coefficient (Wildman–Crippen LogP) is 1.01. The smallest absolute Gasteiger partial charge is 0.270 e. The monoisotopic (exact) mass is 331 g/mol. The summed E-state index contributed by atoms with van der Waals surface area (Å²) in [4.78, 5) is 12.6. The topological polar surface area (TPSA) is 92.9 Å². The standard InChI is InChI=1S/C16H18FN5O2/c1-11-19-20-21-22(11)14(8-12-2-4-13(17)5-3-12)15(24)18-9-16(10-23)6-7-16/h2-5,8,23H,6-7,9-10H2,1H3,(H,18,24)/b14-8+. The van der Waals surface area contributed by atoms with Crippen molar-refractivity contribution in [3.05, 3.63) is 41.5 Å². The molecule has 0 unspecified atom stereocenters. The number of benzene rings is 1. The van der Waals surface area contributed by atoms with Gasteiger partial charge in [0.15, 0.2) is 5.82 Å². The van der Waals surface area contributed by atoms with Crippen molar-refractivity contribution in [2.45, 2.75) is 19.8 Å². The highest BCUT2D eigenvalue weighted by atomic mass is 19.1. The molecule has 2 aromatic rings. The number of hydrogen-bond donors (Lipinski definition) is 2. The fourth-order valence-corrected chi connectivity index (χ4v) is 2.32. The molecule has 126 valence electrons. The van der Waals surface area contributed by atoms with E-state index in [1.54, 1.807) is 25.1 Å². The third-order valence-corrected chi connectivity index (χ3v) is 4.18. The maximum Gasteiger partial charge on any atom is 0.270 e. The molecule has 1 fully saturated rings. The van der Waals surface area contributed by atoms with E-state index in [4.69, 9.17) is 0 Å². The van der Waals surface area contributed by atoms with Crippen LogP contribution in [0.3, 0.4) is 0 Å². The lowest BCUT2D eigenvalue weighted by molar-refractivity contribution is -0.116. The van der Waals surface area contributed by atoms with E-state index in [-0.39, 0.29) is 29.4 Å². The number of halogens is 1. The number of carbonyl (C=O) groups excluding carboxylic acids is 1. The summed E-state index contributed by atoms with van der Waals surface area (Å²) >= 11 is 0. The molecule has 1 aliphatic rings. The third-order valence-electron chi connectivity index (χ3n) is 4.18. The molecule has 2 N–H and O–H groups in total. The van der Waals surface area contributed by atoms with Crippen LogP contribution in [0.25, 0.3) is 11.8 Å². The van der Waals surface area contributed by atoms with E-state index in [9.17, 15) is 14.3 Å². The Morgan fingerprint density at radius 1 is 1.42 bits per heavy atom. The maximum atomic E-state index is 13.1. The molecule has 1 aromatic heterocycles. The molecule has 0 spiro atoms. The Kier molecular flexibility index (Phi) is 4.39. The van der Waals surface area contributed by atoms with Crippen molar-refractivity contribution < 1.29 is 14.3 Å². The van der Waals surface area contributed by atoms with Crippen molar-refractivity contribution in [1.29, 1.82) is 0 Å².